The summed E-state index contributed by atoms with van der Waals surface area (Å²) in [5.41, 5.74) is 2.51. The second-order valence-corrected chi connectivity index (χ2v) is 9.83. The van der Waals surface area contributed by atoms with Gasteiger partial charge in [0.2, 0.25) is 0 Å². The second-order valence-electron chi connectivity index (χ2n) is 6.70. The Morgan fingerprint density at radius 1 is 1.06 bits per heavy atom. The van der Waals surface area contributed by atoms with E-state index in [9.17, 15) is 9.00 Å². The number of pyridine rings is 1. The first-order valence-corrected chi connectivity index (χ1v) is 11.7. The van der Waals surface area contributed by atoms with Crippen LogP contribution in [0.2, 0.25) is 10.0 Å². The highest BCUT2D eigenvalue weighted by Gasteiger charge is 2.13. The molecule has 0 aliphatic heterocycles. The lowest BCUT2D eigenvalue weighted by Gasteiger charge is -2.06. The Morgan fingerprint density at radius 3 is 2.42 bits per heavy atom. The summed E-state index contributed by atoms with van der Waals surface area (Å²) in [5, 5.41) is 0.625. The van der Waals surface area contributed by atoms with Gasteiger partial charge in [-0.05, 0) is 55.0 Å². The van der Waals surface area contributed by atoms with Crippen molar-refractivity contribution in [3.63, 3.8) is 0 Å². The van der Waals surface area contributed by atoms with Crippen molar-refractivity contribution in [3.05, 3.63) is 87.2 Å². The van der Waals surface area contributed by atoms with Crippen LogP contribution in [0.3, 0.4) is 0 Å². The molecule has 1 amide bonds. The van der Waals surface area contributed by atoms with E-state index in [0.717, 1.165) is 16.9 Å². The summed E-state index contributed by atoms with van der Waals surface area (Å²) in [6.45, 7) is 1.93. The van der Waals surface area contributed by atoms with Gasteiger partial charge < -0.3 is 4.74 Å². The molecule has 31 heavy (non-hydrogen) atoms. The molecule has 0 bridgehead atoms. The minimum atomic E-state index is -3.05. The molecule has 1 aromatic heterocycles. The third-order valence-electron chi connectivity index (χ3n) is 4.29. The Labute approximate surface area is 191 Å². The van der Waals surface area contributed by atoms with Crippen molar-refractivity contribution in [2.45, 2.75) is 11.8 Å². The van der Waals surface area contributed by atoms with Gasteiger partial charge in [0.1, 0.15) is 5.75 Å². The molecule has 0 saturated heterocycles. The van der Waals surface area contributed by atoms with Crippen molar-refractivity contribution in [1.29, 1.82) is 0 Å². The summed E-state index contributed by atoms with van der Waals surface area (Å²) in [7, 11) is -1.45. The molecule has 0 aliphatic carbocycles. The molecule has 3 aromatic rings. The van der Waals surface area contributed by atoms with Crippen molar-refractivity contribution in [2.75, 3.05) is 13.4 Å². The van der Waals surface area contributed by atoms with Gasteiger partial charge in [0.25, 0.3) is 5.91 Å². The van der Waals surface area contributed by atoms with Crippen LogP contribution in [0.4, 0.5) is 0 Å². The van der Waals surface area contributed by atoms with E-state index in [1.165, 1.54) is 30.7 Å². The van der Waals surface area contributed by atoms with E-state index >= 15 is 0 Å². The fourth-order valence-corrected chi connectivity index (χ4v) is 4.55. The number of aryl methyl sites for hydroxylation is 1. The molecule has 5 nitrogen and oxygen atoms in total. The van der Waals surface area contributed by atoms with E-state index in [-0.39, 0.29) is 10.5 Å². The van der Waals surface area contributed by atoms with Gasteiger partial charge in [-0.2, -0.15) is 4.36 Å². The smallest absolute Gasteiger partial charge is 0.286 e. The van der Waals surface area contributed by atoms with Gasteiger partial charge in [0.05, 0.1) is 27.3 Å². The Bertz CT molecular complexity index is 1330. The van der Waals surface area contributed by atoms with Gasteiger partial charge in [-0.15, -0.1) is 0 Å². The van der Waals surface area contributed by atoms with Gasteiger partial charge in [-0.1, -0.05) is 35.0 Å². The van der Waals surface area contributed by atoms with Crippen molar-refractivity contribution in [2.24, 2.45) is 4.36 Å². The molecule has 0 radical (unpaired) electrons. The van der Waals surface area contributed by atoms with E-state index in [4.69, 9.17) is 27.9 Å². The van der Waals surface area contributed by atoms with E-state index in [0.29, 0.717) is 15.6 Å². The van der Waals surface area contributed by atoms with Crippen LogP contribution in [-0.2, 0) is 9.73 Å². The predicted octanol–water partition coefficient (Wildman–Crippen LogP) is 5.40. The predicted molar refractivity (Wildman–Crippen MR) is 124 cm³/mol. The number of benzene rings is 2. The molecule has 3 rings (SSSR count). The number of aromatic nitrogens is 1. The SMILES string of the molecule is COc1ccc(C#Cc2cncc(C(=O)N=S(C)(=O)c3cc(Cl)cc(Cl)c3)c2)c(C)c1. The Balaban J connectivity index is 1.90. The number of halogens is 2. The molecule has 2 aromatic carbocycles. The van der Waals surface area contributed by atoms with Crippen LogP contribution < -0.4 is 4.74 Å². The largest absolute Gasteiger partial charge is 0.497 e. The number of carbonyl (C=O) groups excluding carboxylic acids is 1. The average molecular weight is 473 g/mol. The minimum Gasteiger partial charge on any atom is -0.497 e. The molecule has 158 valence electrons. The fraction of sp³-hybridized carbons (Fsp3) is 0.130. The first kappa shape index (κ1) is 22.8. The number of hydrogen-bond acceptors (Lipinski definition) is 4. The molecule has 1 atom stereocenters. The maximum atomic E-state index is 13.0. The molecule has 1 unspecified atom stereocenters. The van der Waals surface area contributed by atoms with E-state index in [1.54, 1.807) is 19.4 Å². The van der Waals surface area contributed by atoms with Crippen molar-refractivity contribution in [3.8, 4) is 17.6 Å². The average Bonchev–Trinajstić information content (AvgIpc) is 2.72. The summed E-state index contributed by atoms with van der Waals surface area (Å²) in [5.74, 6) is 6.14. The monoisotopic (exact) mass is 472 g/mol. The normalized spacial score (nSPS) is 12.3. The van der Waals surface area contributed by atoms with Gasteiger partial charge >= 0.3 is 0 Å². The number of ether oxygens (including phenoxy) is 1. The number of carbonyl (C=O) groups is 1. The zero-order chi connectivity index (χ0) is 22.6. The maximum absolute atomic E-state index is 13.0. The molecule has 0 saturated carbocycles. The molecule has 1 heterocycles. The third kappa shape index (κ3) is 5.86. The summed E-state index contributed by atoms with van der Waals surface area (Å²) in [6.07, 6.45) is 4.26. The highest BCUT2D eigenvalue weighted by Crippen LogP contribution is 2.24. The molecular formula is C23H18Cl2N2O3S. The number of hydrogen-bond donors (Lipinski definition) is 0. The van der Waals surface area contributed by atoms with Crippen LogP contribution in [0, 0.1) is 18.8 Å². The number of methoxy groups -OCH3 is 1. The van der Waals surface area contributed by atoms with Crippen LogP contribution in [0.1, 0.15) is 27.0 Å². The number of amides is 1. The lowest BCUT2D eigenvalue weighted by Crippen LogP contribution is -2.04. The Hall–Kier alpha value is -2.85. The number of nitrogens with zero attached hydrogens (tertiary/aromatic N) is 2. The molecular weight excluding hydrogens is 455 g/mol. The van der Waals surface area contributed by atoms with Crippen LogP contribution in [0.25, 0.3) is 0 Å². The van der Waals surface area contributed by atoms with Crippen LogP contribution >= 0.6 is 23.2 Å². The molecule has 0 aliphatic rings. The first-order valence-electron chi connectivity index (χ1n) is 9.02. The minimum absolute atomic E-state index is 0.181. The van der Waals surface area contributed by atoms with Crippen molar-refractivity contribution < 1.29 is 13.7 Å². The standard InChI is InChI=1S/C23H18Cl2N2O3S/c1-15-8-21(30-2)7-6-17(15)5-4-16-9-18(14-26-13-16)23(28)27-31(3,29)22-11-19(24)10-20(25)12-22/h6-14H,1-3H3. The second kappa shape index (κ2) is 9.52. The fourth-order valence-electron chi connectivity index (χ4n) is 2.68. The van der Waals surface area contributed by atoms with E-state index in [2.05, 4.69) is 21.2 Å². The van der Waals surface area contributed by atoms with Crippen LogP contribution in [-0.4, -0.2) is 28.5 Å². The molecule has 0 spiro atoms. The summed E-state index contributed by atoms with van der Waals surface area (Å²) in [6, 6.07) is 11.6. The maximum Gasteiger partial charge on any atom is 0.286 e. The Morgan fingerprint density at radius 2 is 1.77 bits per heavy atom. The first-order chi connectivity index (χ1) is 14.7. The lowest BCUT2D eigenvalue weighted by molar-refractivity contribution is 0.100. The lowest BCUT2D eigenvalue weighted by atomic mass is 10.1. The quantitative estimate of drug-likeness (QED) is 0.478. The van der Waals surface area contributed by atoms with Gasteiger partial charge in [0.15, 0.2) is 0 Å². The van der Waals surface area contributed by atoms with Gasteiger partial charge in [-0.25, -0.2) is 4.21 Å². The summed E-state index contributed by atoms with van der Waals surface area (Å²) < 4.78 is 22.1. The molecule has 8 heteroatoms. The highest BCUT2D eigenvalue weighted by atomic mass is 35.5. The Kier molecular flexibility index (Phi) is 7.01. The molecule has 0 fully saturated rings. The van der Waals surface area contributed by atoms with Gasteiger partial charge in [-0.3, -0.25) is 9.78 Å². The van der Waals surface area contributed by atoms with Crippen molar-refractivity contribution in [1.82, 2.24) is 4.98 Å². The van der Waals surface area contributed by atoms with Gasteiger partial charge in [0, 0.05) is 39.8 Å². The zero-order valence-corrected chi connectivity index (χ0v) is 19.3. The number of rotatable bonds is 3. The van der Waals surface area contributed by atoms with Crippen molar-refractivity contribution >= 4 is 38.8 Å². The zero-order valence-electron chi connectivity index (χ0n) is 17.0. The van der Waals surface area contributed by atoms with E-state index in [1.807, 2.05) is 25.1 Å². The van der Waals surface area contributed by atoms with Crippen LogP contribution in [0.15, 0.2) is 64.1 Å². The third-order valence-corrected chi connectivity index (χ3v) is 6.35. The molecule has 0 N–H and O–H groups in total. The summed E-state index contributed by atoms with van der Waals surface area (Å²) in [4.78, 5) is 17.0. The summed E-state index contributed by atoms with van der Waals surface area (Å²) >= 11 is 12.0. The topological polar surface area (TPSA) is 68.6 Å². The van der Waals surface area contributed by atoms with Crippen LogP contribution in [0.5, 0.6) is 5.75 Å². The highest BCUT2D eigenvalue weighted by molar-refractivity contribution is 7.93. The van der Waals surface area contributed by atoms with E-state index < -0.39 is 15.6 Å².